The molecule has 0 aliphatic rings. The van der Waals surface area contributed by atoms with E-state index in [1.54, 1.807) is 12.2 Å². The smallest absolute Gasteiger partial charge is 0.244 e. The topological polar surface area (TPSA) is 54.1 Å². The number of aromatic nitrogens is 1. The molecular weight excluding hydrogens is 372 g/mol. The Labute approximate surface area is 176 Å². The van der Waals surface area contributed by atoms with Crippen molar-refractivity contribution in [2.24, 2.45) is 0 Å². The number of amides is 1. The maximum Gasteiger partial charge on any atom is 0.244 e. The van der Waals surface area contributed by atoms with Crippen LogP contribution in [0, 0.1) is 0 Å². The highest BCUT2D eigenvalue weighted by Crippen LogP contribution is 2.18. The highest BCUT2D eigenvalue weighted by molar-refractivity contribution is 5.91. The molecular formula is C26H24N2O2. The normalized spacial score (nSPS) is 11.1. The Morgan fingerprint density at radius 2 is 1.80 bits per heavy atom. The van der Waals surface area contributed by atoms with Gasteiger partial charge in [-0.3, -0.25) is 4.79 Å². The average Bonchev–Trinajstić information content (AvgIpc) is 3.20. The number of fused-ring (bicyclic) bond motifs is 1. The second kappa shape index (κ2) is 9.61. The third-order valence-corrected chi connectivity index (χ3v) is 4.90. The summed E-state index contributed by atoms with van der Waals surface area (Å²) in [7, 11) is 0. The fraction of sp³-hybridized carbons (Fsp3) is 0.115. The molecule has 0 aliphatic carbocycles. The molecule has 0 radical (unpaired) electrons. The highest BCUT2D eigenvalue weighted by Gasteiger charge is 2.03. The van der Waals surface area contributed by atoms with Crippen LogP contribution in [0.15, 0.2) is 91.1 Å². The Morgan fingerprint density at radius 1 is 0.967 bits per heavy atom. The van der Waals surface area contributed by atoms with Gasteiger partial charge in [-0.25, -0.2) is 0 Å². The first-order chi connectivity index (χ1) is 14.8. The first-order valence-electron chi connectivity index (χ1n) is 10.1. The van der Waals surface area contributed by atoms with Crippen LogP contribution >= 0.6 is 0 Å². The van der Waals surface area contributed by atoms with Crippen LogP contribution < -0.4 is 10.1 Å². The summed E-state index contributed by atoms with van der Waals surface area (Å²) in [6.45, 7) is 1.10. The zero-order chi connectivity index (χ0) is 20.6. The van der Waals surface area contributed by atoms with Crippen LogP contribution in [-0.4, -0.2) is 17.4 Å². The summed E-state index contributed by atoms with van der Waals surface area (Å²) in [6.07, 6.45) is 6.15. The molecule has 0 fully saturated rings. The van der Waals surface area contributed by atoms with Crippen molar-refractivity contribution in [1.29, 1.82) is 0 Å². The minimum Gasteiger partial charge on any atom is -0.489 e. The molecule has 0 atom stereocenters. The number of rotatable bonds is 8. The van der Waals surface area contributed by atoms with Gasteiger partial charge in [0.25, 0.3) is 0 Å². The van der Waals surface area contributed by atoms with E-state index in [1.807, 2.05) is 72.9 Å². The summed E-state index contributed by atoms with van der Waals surface area (Å²) in [5.41, 5.74) is 4.37. The van der Waals surface area contributed by atoms with Gasteiger partial charge < -0.3 is 15.0 Å². The fourth-order valence-electron chi connectivity index (χ4n) is 3.34. The minimum atomic E-state index is -0.106. The lowest BCUT2D eigenvalue weighted by Gasteiger charge is -2.07. The molecule has 1 heterocycles. The lowest BCUT2D eigenvalue weighted by molar-refractivity contribution is -0.116. The molecule has 150 valence electrons. The van der Waals surface area contributed by atoms with E-state index in [0.29, 0.717) is 13.2 Å². The van der Waals surface area contributed by atoms with E-state index in [2.05, 4.69) is 22.4 Å². The molecule has 4 rings (SSSR count). The third-order valence-electron chi connectivity index (χ3n) is 4.90. The van der Waals surface area contributed by atoms with Crippen molar-refractivity contribution in [2.75, 3.05) is 6.54 Å². The van der Waals surface area contributed by atoms with E-state index in [0.717, 1.165) is 28.8 Å². The van der Waals surface area contributed by atoms with Crippen LogP contribution in [0.3, 0.4) is 0 Å². The maximum absolute atomic E-state index is 12.2. The van der Waals surface area contributed by atoms with Gasteiger partial charge in [0.05, 0.1) is 0 Å². The molecule has 0 spiro atoms. The Bertz CT molecular complexity index is 1150. The number of hydrogen-bond acceptors (Lipinski definition) is 2. The molecule has 4 aromatic rings. The summed E-state index contributed by atoms with van der Waals surface area (Å²) in [5, 5.41) is 4.15. The molecule has 2 N–H and O–H groups in total. The van der Waals surface area contributed by atoms with Gasteiger partial charge in [-0.2, -0.15) is 0 Å². The van der Waals surface area contributed by atoms with Crippen LogP contribution in [0.5, 0.6) is 5.75 Å². The lowest BCUT2D eigenvalue weighted by Crippen LogP contribution is -2.23. The van der Waals surface area contributed by atoms with Crippen molar-refractivity contribution in [3.63, 3.8) is 0 Å². The third kappa shape index (κ3) is 5.17. The SMILES string of the molecule is O=C(/C=C/c1cccc(OCc2ccccc2)c1)NCCc1c[nH]c2ccccc12. The number of aromatic amines is 1. The van der Waals surface area contributed by atoms with Crippen molar-refractivity contribution in [1.82, 2.24) is 10.3 Å². The number of H-pyrrole nitrogens is 1. The number of hydrogen-bond donors (Lipinski definition) is 2. The van der Waals surface area contributed by atoms with Gasteiger partial charge in [0.2, 0.25) is 5.91 Å². The van der Waals surface area contributed by atoms with Crippen LogP contribution in [0.25, 0.3) is 17.0 Å². The second-order valence-corrected chi connectivity index (χ2v) is 7.08. The molecule has 1 amide bonds. The molecule has 3 aromatic carbocycles. The molecule has 0 saturated carbocycles. The first-order valence-corrected chi connectivity index (χ1v) is 10.1. The molecule has 4 nitrogen and oxygen atoms in total. The van der Waals surface area contributed by atoms with Crippen LogP contribution in [0.1, 0.15) is 16.7 Å². The van der Waals surface area contributed by atoms with Crippen molar-refractivity contribution >= 4 is 22.9 Å². The second-order valence-electron chi connectivity index (χ2n) is 7.08. The van der Waals surface area contributed by atoms with Gasteiger partial charge in [0.15, 0.2) is 0 Å². The highest BCUT2D eigenvalue weighted by atomic mass is 16.5. The van der Waals surface area contributed by atoms with Crippen molar-refractivity contribution < 1.29 is 9.53 Å². The zero-order valence-electron chi connectivity index (χ0n) is 16.7. The lowest BCUT2D eigenvalue weighted by atomic mass is 10.1. The summed E-state index contributed by atoms with van der Waals surface area (Å²) in [6, 6.07) is 25.9. The number of carbonyl (C=O) groups excluding carboxylic acids is 1. The van der Waals surface area contributed by atoms with E-state index < -0.39 is 0 Å². The first kappa shape index (κ1) is 19.5. The van der Waals surface area contributed by atoms with Gasteiger partial charge in [0, 0.05) is 29.7 Å². The zero-order valence-corrected chi connectivity index (χ0v) is 16.7. The monoisotopic (exact) mass is 396 g/mol. The number of ether oxygens (including phenoxy) is 1. The Balaban J connectivity index is 1.27. The van der Waals surface area contributed by atoms with Gasteiger partial charge in [-0.1, -0.05) is 60.7 Å². The quantitative estimate of drug-likeness (QED) is 0.406. The van der Waals surface area contributed by atoms with Gasteiger partial charge in [0.1, 0.15) is 12.4 Å². The summed E-state index contributed by atoms with van der Waals surface area (Å²) < 4.78 is 5.84. The number of para-hydroxylation sites is 1. The van der Waals surface area contributed by atoms with Crippen LogP contribution in [0.2, 0.25) is 0 Å². The number of benzene rings is 3. The van der Waals surface area contributed by atoms with Crippen molar-refractivity contribution in [2.45, 2.75) is 13.0 Å². The van der Waals surface area contributed by atoms with E-state index >= 15 is 0 Å². The predicted octanol–water partition coefficient (Wildman–Crippen LogP) is 5.12. The van der Waals surface area contributed by atoms with Crippen LogP contribution in [-0.2, 0) is 17.8 Å². The van der Waals surface area contributed by atoms with Crippen molar-refractivity contribution in [3.05, 3.63) is 108 Å². The standard InChI is InChI=1S/C26H24N2O2/c29-26(27-16-15-22-18-28-25-12-5-4-11-24(22)25)14-13-20-9-6-10-23(17-20)30-19-21-7-2-1-3-8-21/h1-14,17-18,28H,15-16,19H2,(H,27,29)/b14-13+. The van der Waals surface area contributed by atoms with E-state index in [-0.39, 0.29) is 5.91 Å². The van der Waals surface area contributed by atoms with E-state index in [4.69, 9.17) is 4.74 Å². The largest absolute Gasteiger partial charge is 0.489 e. The molecule has 30 heavy (non-hydrogen) atoms. The van der Waals surface area contributed by atoms with E-state index in [1.165, 1.54) is 10.9 Å². The maximum atomic E-state index is 12.2. The number of carbonyl (C=O) groups is 1. The molecule has 0 aliphatic heterocycles. The van der Waals surface area contributed by atoms with E-state index in [9.17, 15) is 4.79 Å². The van der Waals surface area contributed by atoms with Gasteiger partial charge in [-0.15, -0.1) is 0 Å². The average molecular weight is 396 g/mol. The molecule has 4 heteroatoms. The Hall–Kier alpha value is -3.79. The fourth-order valence-corrected chi connectivity index (χ4v) is 3.34. The molecule has 0 saturated heterocycles. The summed E-state index contributed by atoms with van der Waals surface area (Å²) in [4.78, 5) is 15.4. The van der Waals surface area contributed by atoms with Crippen LogP contribution in [0.4, 0.5) is 0 Å². The van der Waals surface area contributed by atoms with Crippen molar-refractivity contribution in [3.8, 4) is 5.75 Å². The Morgan fingerprint density at radius 3 is 2.70 bits per heavy atom. The Kier molecular flexibility index (Phi) is 6.25. The van der Waals surface area contributed by atoms with Gasteiger partial charge in [-0.05, 0) is 47.4 Å². The summed E-state index contributed by atoms with van der Waals surface area (Å²) in [5.74, 6) is 0.672. The summed E-state index contributed by atoms with van der Waals surface area (Å²) >= 11 is 0. The number of nitrogens with one attached hydrogen (secondary N) is 2. The molecule has 1 aromatic heterocycles. The van der Waals surface area contributed by atoms with Gasteiger partial charge >= 0.3 is 0 Å². The molecule has 0 unspecified atom stereocenters. The molecule has 0 bridgehead atoms. The predicted molar refractivity (Wildman–Crippen MR) is 121 cm³/mol. The minimum absolute atomic E-state index is 0.106.